The Labute approximate surface area is 86.1 Å². The van der Waals surface area contributed by atoms with Gasteiger partial charge in [0.1, 0.15) is 11.5 Å². The molecule has 0 aliphatic carbocycles. The van der Waals surface area contributed by atoms with Gasteiger partial charge >= 0.3 is 0 Å². The molecule has 0 aromatic carbocycles. The first-order valence-corrected chi connectivity index (χ1v) is 4.19. The van der Waals surface area contributed by atoms with Crippen molar-refractivity contribution in [2.24, 2.45) is 0 Å². The zero-order valence-corrected chi connectivity index (χ0v) is 8.15. The van der Waals surface area contributed by atoms with Gasteiger partial charge in [-0.25, -0.2) is 9.97 Å². The SMILES string of the molecule is CNC(=O)CNC(=O)c1cnc(N)cn1. The molecule has 0 spiro atoms. The number of carbonyl (C=O) groups is 2. The fourth-order valence-electron chi connectivity index (χ4n) is 0.795. The van der Waals surface area contributed by atoms with Crippen molar-refractivity contribution < 1.29 is 9.59 Å². The maximum absolute atomic E-state index is 11.3. The maximum atomic E-state index is 11.3. The Bertz CT molecular complexity index is 362. The number of hydrogen-bond donors (Lipinski definition) is 3. The minimum Gasteiger partial charge on any atom is -0.382 e. The molecular formula is C8H11N5O2. The highest BCUT2D eigenvalue weighted by molar-refractivity contribution is 5.94. The third kappa shape index (κ3) is 3.22. The fraction of sp³-hybridized carbons (Fsp3) is 0.250. The van der Waals surface area contributed by atoms with Crippen LogP contribution in [0.3, 0.4) is 0 Å². The lowest BCUT2D eigenvalue weighted by Gasteiger charge is -2.02. The molecule has 1 rings (SSSR count). The minimum absolute atomic E-state index is 0.0958. The second-order valence-corrected chi connectivity index (χ2v) is 2.68. The average molecular weight is 209 g/mol. The minimum atomic E-state index is -0.467. The summed E-state index contributed by atoms with van der Waals surface area (Å²) in [5.74, 6) is -0.518. The van der Waals surface area contributed by atoms with Gasteiger partial charge in [-0.3, -0.25) is 9.59 Å². The normalized spacial score (nSPS) is 9.40. The van der Waals surface area contributed by atoms with Crippen molar-refractivity contribution in [3.05, 3.63) is 18.1 Å². The number of nitrogens with zero attached hydrogens (tertiary/aromatic N) is 2. The molecule has 7 heteroatoms. The molecule has 15 heavy (non-hydrogen) atoms. The van der Waals surface area contributed by atoms with Gasteiger partial charge in [0.25, 0.3) is 5.91 Å². The molecule has 7 nitrogen and oxygen atoms in total. The van der Waals surface area contributed by atoms with Gasteiger partial charge in [-0.15, -0.1) is 0 Å². The molecule has 0 bridgehead atoms. The number of anilines is 1. The van der Waals surface area contributed by atoms with Crippen LogP contribution in [0.2, 0.25) is 0 Å². The van der Waals surface area contributed by atoms with Crippen LogP contribution in [-0.2, 0) is 4.79 Å². The van der Waals surface area contributed by atoms with Crippen LogP contribution < -0.4 is 16.4 Å². The first kappa shape index (κ1) is 10.9. The van der Waals surface area contributed by atoms with Crippen LogP contribution in [0.15, 0.2) is 12.4 Å². The number of aromatic nitrogens is 2. The molecule has 0 saturated carbocycles. The van der Waals surface area contributed by atoms with Crippen molar-refractivity contribution >= 4 is 17.6 Å². The van der Waals surface area contributed by atoms with E-state index < -0.39 is 5.91 Å². The summed E-state index contributed by atoms with van der Waals surface area (Å²) in [6.07, 6.45) is 2.52. The molecule has 0 atom stereocenters. The maximum Gasteiger partial charge on any atom is 0.271 e. The third-order valence-corrected chi connectivity index (χ3v) is 1.59. The molecule has 1 heterocycles. The Morgan fingerprint density at radius 3 is 2.67 bits per heavy atom. The van der Waals surface area contributed by atoms with Gasteiger partial charge in [0.2, 0.25) is 5.91 Å². The number of nitrogens with two attached hydrogens (primary N) is 1. The molecular weight excluding hydrogens is 198 g/mol. The van der Waals surface area contributed by atoms with E-state index in [-0.39, 0.29) is 24.0 Å². The molecule has 4 N–H and O–H groups in total. The molecule has 1 aromatic heterocycles. The van der Waals surface area contributed by atoms with Crippen LogP contribution in [0.4, 0.5) is 5.82 Å². The van der Waals surface area contributed by atoms with E-state index in [0.717, 1.165) is 0 Å². The Kier molecular flexibility index (Phi) is 3.55. The van der Waals surface area contributed by atoms with E-state index >= 15 is 0 Å². The second-order valence-electron chi connectivity index (χ2n) is 2.68. The summed E-state index contributed by atoms with van der Waals surface area (Å²) in [5.41, 5.74) is 5.42. The third-order valence-electron chi connectivity index (χ3n) is 1.59. The van der Waals surface area contributed by atoms with Crippen LogP contribution in [-0.4, -0.2) is 35.4 Å². The molecule has 0 fully saturated rings. The average Bonchev–Trinajstić information content (AvgIpc) is 2.26. The topological polar surface area (TPSA) is 110 Å². The summed E-state index contributed by atoms with van der Waals surface area (Å²) in [4.78, 5) is 29.6. The van der Waals surface area contributed by atoms with E-state index in [4.69, 9.17) is 5.73 Å². The van der Waals surface area contributed by atoms with Crippen molar-refractivity contribution in [1.29, 1.82) is 0 Å². The Hall–Kier alpha value is -2.18. The van der Waals surface area contributed by atoms with E-state index in [2.05, 4.69) is 20.6 Å². The standard InChI is InChI=1S/C8H11N5O2/c1-10-7(14)4-13-8(15)5-2-12-6(9)3-11-5/h2-3H,4H2,1H3,(H2,9,12)(H,10,14)(H,13,15). The largest absolute Gasteiger partial charge is 0.382 e. The van der Waals surface area contributed by atoms with E-state index in [0.29, 0.717) is 0 Å². The number of nitrogen functional groups attached to an aromatic ring is 1. The van der Waals surface area contributed by atoms with Gasteiger partial charge in [-0.1, -0.05) is 0 Å². The van der Waals surface area contributed by atoms with Gasteiger partial charge in [-0.2, -0.15) is 0 Å². The number of likely N-dealkylation sites (N-methyl/N-ethyl adjacent to an activating group) is 1. The fourth-order valence-corrected chi connectivity index (χ4v) is 0.795. The van der Waals surface area contributed by atoms with Gasteiger partial charge in [0.15, 0.2) is 0 Å². The highest BCUT2D eigenvalue weighted by Gasteiger charge is 2.08. The Morgan fingerprint density at radius 2 is 2.13 bits per heavy atom. The summed E-state index contributed by atoms with van der Waals surface area (Å²) in [7, 11) is 1.48. The monoisotopic (exact) mass is 209 g/mol. The summed E-state index contributed by atoms with van der Waals surface area (Å²) in [5, 5.41) is 4.75. The second kappa shape index (κ2) is 4.89. The number of rotatable bonds is 3. The summed E-state index contributed by atoms with van der Waals surface area (Å²) < 4.78 is 0. The van der Waals surface area contributed by atoms with Crippen molar-refractivity contribution in [3.8, 4) is 0 Å². The first-order valence-electron chi connectivity index (χ1n) is 4.19. The van der Waals surface area contributed by atoms with Gasteiger partial charge in [0.05, 0.1) is 18.9 Å². The molecule has 0 saturated heterocycles. The zero-order valence-electron chi connectivity index (χ0n) is 8.15. The molecule has 0 aliphatic heterocycles. The van der Waals surface area contributed by atoms with Crippen LogP contribution >= 0.6 is 0 Å². The van der Waals surface area contributed by atoms with Crippen molar-refractivity contribution in [3.63, 3.8) is 0 Å². The molecule has 2 amide bonds. The molecule has 80 valence electrons. The zero-order chi connectivity index (χ0) is 11.3. The molecule has 0 unspecified atom stereocenters. The predicted molar refractivity (Wildman–Crippen MR) is 52.8 cm³/mol. The van der Waals surface area contributed by atoms with Gasteiger partial charge in [-0.05, 0) is 0 Å². The Balaban J connectivity index is 2.54. The highest BCUT2D eigenvalue weighted by atomic mass is 16.2. The molecule has 0 aliphatic rings. The lowest BCUT2D eigenvalue weighted by Crippen LogP contribution is -2.35. The number of hydrogen-bond acceptors (Lipinski definition) is 5. The van der Waals surface area contributed by atoms with E-state index in [1.54, 1.807) is 0 Å². The van der Waals surface area contributed by atoms with Gasteiger partial charge in [0, 0.05) is 7.05 Å². The van der Waals surface area contributed by atoms with Gasteiger partial charge < -0.3 is 16.4 Å². The van der Waals surface area contributed by atoms with Crippen molar-refractivity contribution in [2.45, 2.75) is 0 Å². The first-order chi connectivity index (χ1) is 7.13. The summed E-state index contributed by atoms with van der Waals surface area (Å²) in [6.45, 7) is -0.0958. The highest BCUT2D eigenvalue weighted by Crippen LogP contribution is 1.95. The van der Waals surface area contributed by atoms with Crippen LogP contribution in [0, 0.1) is 0 Å². The quantitative estimate of drug-likeness (QED) is 0.563. The smallest absolute Gasteiger partial charge is 0.271 e. The van der Waals surface area contributed by atoms with Crippen LogP contribution in [0.25, 0.3) is 0 Å². The number of amides is 2. The summed E-state index contributed by atoms with van der Waals surface area (Å²) in [6, 6.07) is 0. The lowest BCUT2D eigenvalue weighted by atomic mass is 10.4. The van der Waals surface area contributed by atoms with E-state index in [1.165, 1.54) is 19.4 Å². The van der Waals surface area contributed by atoms with Crippen molar-refractivity contribution in [1.82, 2.24) is 20.6 Å². The molecule has 0 radical (unpaired) electrons. The van der Waals surface area contributed by atoms with E-state index in [9.17, 15) is 9.59 Å². The number of carbonyl (C=O) groups excluding carboxylic acids is 2. The van der Waals surface area contributed by atoms with Crippen LogP contribution in [0.5, 0.6) is 0 Å². The predicted octanol–water partition coefficient (Wildman–Crippen LogP) is -1.47. The van der Waals surface area contributed by atoms with Crippen LogP contribution in [0.1, 0.15) is 10.5 Å². The Morgan fingerprint density at radius 1 is 1.40 bits per heavy atom. The van der Waals surface area contributed by atoms with Crippen molar-refractivity contribution in [2.75, 3.05) is 19.3 Å². The summed E-state index contributed by atoms with van der Waals surface area (Å²) >= 11 is 0. The van der Waals surface area contributed by atoms with E-state index in [1.807, 2.05) is 0 Å². The lowest BCUT2D eigenvalue weighted by molar-refractivity contribution is -0.119. The molecule has 1 aromatic rings. The number of nitrogens with one attached hydrogen (secondary N) is 2.